The molecule has 2 aromatic heterocycles. The number of rotatable bonds is 2. The summed E-state index contributed by atoms with van der Waals surface area (Å²) in [6, 6.07) is 1.73. The average Bonchev–Trinajstić information content (AvgIpc) is 2.94. The van der Waals surface area contributed by atoms with Crippen LogP contribution in [0.2, 0.25) is 0 Å². The Kier molecular flexibility index (Phi) is 2.81. The lowest BCUT2D eigenvalue weighted by Gasteiger charge is -2.22. The highest BCUT2D eigenvalue weighted by molar-refractivity contribution is 5.92. The Bertz CT molecular complexity index is 650. The fraction of sp³-hybridized carbons (Fsp3) is 0.417. The summed E-state index contributed by atoms with van der Waals surface area (Å²) in [6.07, 6.45) is 1.06. The molecule has 3 heterocycles. The number of pyridine rings is 1. The molecule has 1 unspecified atom stereocenters. The molecule has 0 spiro atoms. The van der Waals surface area contributed by atoms with Crippen LogP contribution in [0.15, 0.2) is 23.3 Å². The van der Waals surface area contributed by atoms with Crippen LogP contribution in [0.25, 0.3) is 10.9 Å². The van der Waals surface area contributed by atoms with Gasteiger partial charge in [0, 0.05) is 30.2 Å². The molecular weight excluding hydrogens is 250 g/mol. The van der Waals surface area contributed by atoms with Crippen molar-refractivity contribution in [1.29, 1.82) is 0 Å². The van der Waals surface area contributed by atoms with Crippen LogP contribution in [0, 0.1) is 5.92 Å². The van der Waals surface area contributed by atoms with Crippen molar-refractivity contribution in [2.24, 2.45) is 5.92 Å². The molecule has 1 fully saturated rings. The normalized spacial score (nSPS) is 27.3. The van der Waals surface area contributed by atoms with Gasteiger partial charge in [-0.05, 0) is 6.07 Å². The molecule has 102 valence electrons. The van der Waals surface area contributed by atoms with Crippen molar-refractivity contribution >= 4 is 16.6 Å². The van der Waals surface area contributed by atoms with E-state index in [2.05, 4.69) is 9.97 Å². The molecule has 7 nitrogen and oxygen atoms in total. The van der Waals surface area contributed by atoms with Crippen LogP contribution in [-0.2, 0) is 0 Å². The van der Waals surface area contributed by atoms with Crippen molar-refractivity contribution in [3.05, 3.63) is 28.8 Å². The first kappa shape index (κ1) is 12.2. The largest absolute Gasteiger partial charge is 0.396 e. The third-order valence-corrected chi connectivity index (χ3v) is 3.67. The summed E-state index contributed by atoms with van der Waals surface area (Å²) in [4.78, 5) is 18.6. The standard InChI is InChI=1S/C12H15N3O4/c16-5-6-4-15(12(19)10(6)17)8-3-14-9-7(8)1-2-13-11(9)18/h1-3,6,10,12,14,16-17,19H,4-5H2,(H,13,18)/t6-,10+,12?/m1/s1. The summed E-state index contributed by atoms with van der Waals surface area (Å²) in [7, 11) is 0. The number of aliphatic hydroxyl groups is 3. The smallest absolute Gasteiger partial charge is 0.272 e. The Balaban J connectivity index is 2.06. The van der Waals surface area contributed by atoms with Crippen LogP contribution in [0.1, 0.15) is 0 Å². The molecular formula is C12H15N3O4. The van der Waals surface area contributed by atoms with Crippen LogP contribution >= 0.6 is 0 Å². The highest BCUT2D eigenvalue weighted by Crippen LogP contribution is 2.32. The molecule has 1 saturated heterocycles. The maximum absolute atomic E-state index is 11.6. The molecule has 0 aliphatic carbocycles. The minimum atomic E-state index is -1.09. The van der Waals surface area contributed by atoms with Crippen molar-refractivity contribution in [2.75, 3.05) is 18.1 Å². The Morgan fingerprint density at radius 3 is 2.84 bits per heavy atom. The molecule has 0 saturated carbocycles. The molecule has 0 aromatic carbocycles. The Labute approximate surface area is 108 Å². The van der Waals surface area contributed by atoms with E-state index in [4.69, 9.17) is 5.11 Å². The van der Waals surface area contributed by atoms with E-state index < -0.39 is 18.2 Å². The van der Waals surface area contributed by atoms with Gasteiger partial charge in [-0.1, -0.05) is 0 Å². The summed E-state index contributed by atoms with van der Waals surface area (Å²) in [5.74, 6) is -0.401. The molecule has 3 rings (SSSR count). The van der Waals surface area contributed by atoms with Crippen LogP contribution in [0.5, 0.6) is 0 Å². The molecule has 1 aliphatic rings. The molecule has 3 atom stereocenters. The first-order valence-corrected chi connectivity index (χ1v) is 6.06. The third-order valence-electron chi connectivity index (χ3n) is 3.67. The minimum absolute atomic E-state index is 0.197. The molecule has 7 heteroatoms. The Hall–Kier alpha value is -1.83. The fourth-order valence-corrected chi connectivity index (χ4v) is 2.59. The van der Waals surface area contributed by atoms with Crippen LogP contribution in [-0.4, -0.2) is 50.8 Å². The predicted molar refractivity (Wildman–Crippen MR) is 68.9 cm³/mol. The average molecular weight is 265 g/mol. The van der Waals surface area contributed by atoms with Gasteiger partial charge in [0.05, 0.1) is 12.3 Å². The van der Waals surface area contributed by atoms with Gasteiger partial charge >= 0.3 is 0 Å². The van der Waals surface area contributed by atoms with Gasteiger partial charge in [-0.25, -0.2) is 0 Å². The van der Waals surface area contributed by atoms with Gasteiger partial charge in [-0.3, -0.25) is 4.79 Å². The Morgan fingerprint density at radius 2 is 2.16 bits per heavy atom. The zero-order chi connectivity index (χ0) is 13.6. The second kappa shape index (κ2) is 4.37. The first-order chi connectivity index (χ1) is 9.13. The van der Waals surface area contributed by atoms with Crippen molar-refractivity contribution in [3.63, 3.8) is 0 Å². The molecule has 0 bridgehead atoms. The SMILES string of the molecule is O=c1[nH]ccc2c(N3C[C@H](CO)[C@H](O)C3O)c[nH]c12. The van der Waals surface area contributed by atoms with Crippen LogP contribution in [0.3, 0.4) is 0 Å². The summed E-state index contributed by atoms with van der Waals surface area (Å²) in [6.45, 7) is 0.135. The van der Waals surface area contributed by atoms with Crippen LogP contribution < -0.4 is 10.5 Å². The van der Waals surface area contributed by atoms with Gasteiger partial charge in [0.1, 0.15) is 11.6 Å². The number of aromatic amines is 2. The van der Waals surface area contributed by atoms with E-state index in [1.165, 1.54) is 6.20 Å². The maximum Gasteiger partial charge on any atom is 0.272 e. The van der Waals surface area contributed by atoms with E-state index in [9.17, 15) is 15.0 Å². The molecule has 1 aliphatic heterocycles. The summed E-state index contributed by atoms with van der Waals surface area (Å²) in [5.41, 5.74) is 0.826. The number of H-pyrrole nitrogens is 2. The lowest BCUT2D eigenvalue weighted by molar-refractivity contribution is 0.00838. The van der Waals surface area contributed by atoms with Crippen molar-refractivity contribution < 1.29 is 15.3 Å². The zero-order valence-electron chi connectivity index (χ0n) is 10.1. The van der Waals surface area contributed by atoms with Gasteiger partial charge in [0.2, 0.25) is 0 Å². The summed E-state index contributed by atoms with van der Waals surface area (Å²) < 4.78 is 0. The Morgan fingerprint density at radius 1 is 1.37 bits per heavy atom. The quantitative estimate of drug-likeness (QED) is 0.476. The molecule has 5 N–H and O–H groups in total. The zero-order valence-corrected chi connectivity index (χ0v) is 10.1. The minimum Gasteiger partial charge on any atom is -0.396 e. The lowest BCUT2D eigenvalue weighted by atomic mass is 10.1. The summed E-state index contributed by atoms with van der Waals surface area (Å²) in [5, 5.41) is 29.7. The topological polar surface area (TPSA) is 113 Å². The predicted octanol–water partition coefficient (Wildman–Crippen LogP) is -1.04. The van der Waals surface area contributed by atoms with E-state index in [0.717, 1.165) is 0 Å². The number of nitrogens with one attached hydrogen (secondary N) is 2. The van der Waals surface area contributed by atoms with E-state index >= 15 is 0 Å². The second-order valence-corrected chi connectivity index (χ2v) is 4.77. The number of hydrogen-bond acceptors (Lipinski definition) is 5. The van der Waals surface area contributed by atoms with Crippen molar-refractivity contribution in [2.45, 2.75) is 12.3 Å². The molecule has 0 radical (unpaired) electrons. The van der Waals surface area contributed by atoms with Crippen molar-refractivity contribution in [3.8, 4) is 0 Å². The molecule has 19 heavy (non-hydrogen) atoms. The van der Waals surface area contributed by atoms with Crippen LogP contribution in [0.4, 0.5) is 5.69 Å². The van der Waals surface area contributed by atoms with E-state index in [1.807, 2.05) is 0 Å². The van der Waals surface area contributed by atoms with Gasteiger partial charge in [0.25, 0.3) is 5.56 Å². The highest BCUT2D eigenvalue weighted by atomic mass is 16.4. The molecule has 0 amide bonds. The number of hydrogen-bond donors (Lipinski definition) is 5. The van der Waals surface area contributed by atoms with Gasteiger partial charge in [-0.15, -0.1) is 0 Å². The lowest BCUT2D eigenvalue weighted by Crippen LogP contribution is -2.35. The third kappa shape index (κ3) is 1.74. The van der Waals surface area contributed by atoms with Gasteiger partial charge < -0.3 is 30.2 Å². The number of aliphatic hydroxyl groups excluding tert-OH is 3. The first-order valence-electron chi connectivity index (χ1n) is 6.06. The maximum atomic E-state index is 11.6. The van der Waals surface area contributed by atoms with E-state index in [1.54, 1.807) is 17.2 Å². The van der Waals surface area contributed by atoms with Gasteiger partial charge in [-0.2, -0.15) is 0 Å². The van der Waals surface area contributed by atoms with E-state index in [0.29, 0.717) is 23.1 Å². The number of fused-ring (bicyclic) bond motifs is 1. The second-order valence-electron chi connectivity index (χ2n) is 4.77. The molecule has 2 aromatic rings. The number of anilines is 1. The monoisotopic (exact) mass is 265 g/mol. The highest BCUT2D eigenvalue weighted by Gasteiger charge is 2.40. The van der Waals surface area contributed by atoms with E-state index in [-0.39, 0.29) is 12.2 Å². The van der Waals surface area contributed by atoms with Gasteiger partial charge in [0.15, 0.2) is 6.23 Å². The van der Waals surface area contributed by atoms with Crippen molar-refractivity contribution in [1.82, 2.24) is 9.97 Å². The number of aromatic nitrogens is 2. The summed E-state index contributed by atoms with van der Waals surface area (Å²) >= 11 is 0. The number of nitrogens with zero attached hydrogens (tertiary/aromatic N) is 1. The fourth-order valence-electron chi connectivity index (χ4n) is 2.59.